The van der Waals surface area contributed by atoms with Crippen molar-refractivity contribution in [3.05, 3.63) is 59.7 Å². The molecular weight excluding hydrogens is 260 g/mol. The molecule has 1 aromatic heterocycles. The van der Waals surface area contributed by atoms with E-state index >= 15 is 0 Å². The van der Waals surface area contributed by atoms with Crippen molar-refractivity contribution in [1.82, 2.24) is 15.3 Å². The van der Waals surface area contributed by atoms with Crippen molar-refractivity contribution in [3.63, 3.8) is 0 Å². The van der Waals surface area contributed by atoms with Crippen molar-refractivity contribution >= 4 is 0 Å². The predicted molar refractivity (Wildman–Crippen MR) is 73.1 cm³/mol. The van der Waals surface area contributed by atoms with E-state index in [9.17, 15) is 8.78 Å². The number of aromatic nitrogens is 2. The Balaban J connectivity index is 2.19. The third-order valence-electron chi connectivity index (χ3n) is 2.96. The van der Waals surface area contributed by atoms with Crippen LogP contribution >= 0.6 is 0 Å². The highest BCUT2D eigenvalue weighted by atomic mass is 19.1. The molecule has 3 nitrogen and oxygen atoms in total. The molecule has 20 heavy (non-hydrogen) atoms. The first kappa shape index (κ1) is 14.5. The summed E-state index contributed by atoms with van der Waals surface area (Å²) in [5, 5.41) is 3.34. The summed E-state index contributed by atoms with van der Waals surface area (Å²) in [6.45, 7) is 2.87. The van der Waals surface area contributed by atoms with Gasteiger partial charge >= 0.3 is 0 Å². The van der Waals surface area contributed by atoms with Gasteiger partial charge in [-0.3, -0.25) is 0 Å². The Morgan fingerprint density at radius 3 is 2.55 bits per heavy atom. The minimum atomic E-state index is -0.558. The molecule has 106 valence electrons. The molecule has 0 saturated heterocycles. The van der Waals surface area contributed by atoms with Crippen LogP contribution < -0.4 is 5.32 Å². The molecule has 0 aliphatic heterocycles. The van der Waals surface area contributed by atoms with Gasteiger partial charge in [0.15, 0.2) is 0 Å². The normalized spacial score (nSPS) is 12.3. The number of nitrogens with zero attached hydrogens (tertiary/aromatic N) is 2. The highest BCUT2D eigenvalue weighted by molar-refractivity contribution is 5.21. The van der Waals surface area contributed by atoms with Crippen LogP contribution in [-0.4, -0.2) is 16.5 Å². The zero-order valence-corrected chi connectivity index (χ0v) is 11.3. The molecule has 2 rings (SSSR count). The van der Waals surface area contributed by atoms with E-state index in [0.717, 1.165) is 24.7 Å². The lowest BCUT2D eigenvalue weighted by Crippen LogP contribution is -2.25. The van der Waals surface area contributed by atoms with Gasteiger partial charge in [-0.25, -0.2) is 18.7 Å². The van der Waals surface area contributed by atoms with Crippen molar-refractivity contribution < 1.29 is 8.78 Å². The molecule has 0 aliphatic rings. The van der Waals surface area contributed by atoms with Crippen molar-refractivity contribution in [2.75, 3.05) is 6.54 Å². The maximum Gasteiger partial charge on any atom is 0.126 e. The lowest BCUT2D eigenvalue weighted by Gasteiger charge is -2.18. The Bertz CT molecular complexity index is 526. The number of hydrogen-bond acceptors (Lipinski definition) is 3. The summed E-state index contributed by atoms with van der Waals surface area (Å²) < 4.78 is 26.5. The van der Waals surface area contributed by atoms with Crippen molar-refractivity contribution in [3.8, 4) is 0 Å². The molecule has 1 atom stereocenters. The molecule has 1 N–H and O–H groups in total. The van der Waals surface area contributed by atoms with Gasteiger partial charge in [0.05, 0.1) is 11.7 Å². The quantitative estimate of drug-likeness (QED) is 0.882. The smallest absolute Gasteiger partial charge is 0.126 e. The fraction of sp³-hybridized carbons (Fsp3) is 0.333. The first-order valence-corrected chi connectivity index (χ1v) is 6.63. The van der Waals surface area contributed by atoms with Crippen LogP contribution in [0.5, 0.6) is 0 Å². The van der Waals surface area contributed by atoms with Crippen LogP contribution in [0.4, 0.5) is 8.78 Å². The molecule has 2 aromatic rings. The van der Waals surface area contributed by atoms with Gasteiger partial charge in [0, 0.05) is 12.3 Å². The zero-order valence-electron chi connectivity index (χ0n) is 11.3. The molecule has 0 spiro atoms. The molecule has 0 radical (unpaired) electrons. The van der Waals surface area contributed by atoms with E-state index in [1.165, 1.54) is 18.5 Å². The van der Waals surface area contributed by atoms with Crippen LogP contribution in [0.3, 0.4) is 0 Å². The summed E-state index contributed by atoms with van der Waals surface area (Å²) >= 11 is 0. The summed E-state index contributed by atoms with van der Waals surface area (Å²) in [5.41, 5.74) is 1.42. The first-order valence-electron chi connectivity index (χ1n) is 6.63. The van der Waals surface area contributed by atoms with Gasteiger partial charge in [0.1, 0.15) is 18.0 Å². The van der Waals surface area contributed by atoms with Gasteiger partial charge < -0.3 is 5.32 Å². The van der Waals surface area contributed by atoms with Crippen LogP contribution in [0.1, 0.15) is 30.6 Å². The average Bonchev–Trinajstić information content (AvgIpc) is 2.43. The third kappa shape index (κ3) is 4.06. The number of nitrogens with one attached hydrogen (secondary N) is 1. The van der Waals surface area contributed by atoms with Gasteiger partial charge in [0.2, 0.25) is 0 Å². The van der Waals surface area contributed by atoms with E-state index in [-0.39, 0.29) is 6.04 Å². The average molecular weight is 277 g/mol. The van der Waals surface area contributed by atoms with E-state index in [1.54, 1.807) is 6.20 Å². The summed E-state index contributed by atoms with van der Waals surface area (Å²) in [6.07, 6.45) is 4.59. The molecule has 1 heterocycles. The Morgan fingerprint density at radius 2 is 1.95 bits per heavy atom. The molecule has 1 unspecified atom stereocenters. The molecule has 0 bridgehead atoms. The van der Waals surface area contributed by atoms with Crippen LogP contribution in [0.25, 0.3) is 0 Å². The second kappa shape index (κ2) is 7.05. The maximum atomic E-state index is 13.2. The van der Waals surface area contributed by atoms with Gasteiger partial charge in [0.25, 0.3) is 0 Å². The van der Waals surface area contributed by atoms with Crippen LogP contribution in [0.15, 0.2) is 36.8 Å². The standard InChI is InChI=1S/C15H17F2N3/c1-2-4-19-15(14-3-5-18-10-20-14)8-11-6-12(16)9-13(17)7-11/h3,5-7,9-10,15,19H,2,4,8H2,1H3. The summed E-state index contributed by atoms with van der Waals surface area (Å²) in [7, 11) is 0. The van der Waals surface area contributed by atoms with Gasteiger partial charge in [-0.2, -0.15) is 0 Å². The number of benzene rings is 1. The number of halogens is 2. The van der Waals surface area contributed by atoms with E-state index in [4.69, 9.17) is 0 Å². The SMILES string of the molecule is CCCNC(Cc1cc(F)cc(F)c1)c1ccncn1. The fourth-order valence-corrected chi connectivity index (χ4v) is 2.07. The second-order valence-electron chi connectivity index (χ2n) is 4.62. The lowest BCUT2D eigenvalue weighted by atomic mass is 10.0. The highest BCUT2D eigenvalue weighted by Crippen LogP contribution is 2.18. The largest absolute Gasteiger partial charge is 0.308 e. The van der Waals surface area contributed by atoms with Crippen molar-refractivity contribution in [1.29, 1.82) is 0 Å². The summed E-state index contributed by atoms with van der Waals surface area (Å²) in [5.74, 6) is -1.12. The van der Waals surface area contributed by atoms with Gasteiger partial charge in [-0.05, 0) is 43.1 Å². The topological polar surface area (TPSA) is 37.8 Å². The van der Waals surface area contributed by atoms with E-state index in [2.05, 4.69) is 22.2 Å². The second-order valence-corrected chi connectivity index (χ2v) is 4.62. The van der Waals surface area contributed by atoms with Crippen molar-refractivity contribution in [2.45, 2.75) is 25.8 Å². The van der Waals surface area contributed by atoms with E-state index in [1.807, 2.05) is 6.07 Å². The summed E-state index contributed by atoms with van der Waals surface area (Å²) in [4.78, 5) is 8.10. The monoisotopic (exact) mass is 277 g/mol. The lowest BCUT2D eigenvalue weighted by molar-refractivity contribution is 0.511. The van der Waals surface area contributed by atoms with Crippen LogP contribution in [0, 0.1) is 11.6 Å². The molecule has 1 aromatic carbocycles. The molecule has 0 saturated carbocycles. The zero-order chi connectivity index (χ0) is 14.4. The predicted octanol–water partition coefficient (Wildman–Crippen LogP) is 3.04. The first-order chi connectivity index (χ1) is 9.69. The maximum absolute atomic E-state index is 13.2. The van der Waals surface area contributed by atoms with E-state index < -0.39 is 11.6 Å². The van der Waals surface area contributed by atoms with Gasteiger partial charge in [-0.1, -0.05) is 6.92 Å². The molecular formula is C15H17F2N3. The molecule has 0 amide bonds. The number of rotatable bonds is 6. The third-order valence-corrected chi connectivity index (χ3v) is 2.96. The highest BCUT2D eigenvalue weighted by Gasteiger charge is 2.14. The Hall–Kier alpha value is -1.88. The molecule has 0 fully saturated rings. The molecule has 5 heteroatoms. The van der Waals surface area contributed by atoms with Gasteiger partial charge in [-0.15, -0.1) is 0 Å². The van der Waals surface area contributed by atoms with Crippen molar-refractivity contribution in [2.24, 2.45) is 0 Å². The Morgan fingerprint density at radius 1 is 1.20 bits per heavy atom. The Kier molecular flexibility index (Phi) is 5.12. The number of hydrogen-bond donors (Lipinski definition) is 1. The Labute approximate surface area is 117 Å². The summed E-state index contributed by atoms with van der Waals surface area (Å²) in [6, 6.07) is 5.31. The minimum Gasteiger partial charge on any atom is -0.308 e. The minimum absolute atomic E-state index is 0.0841. The fourth-order valence-electron chi connectivity index (χ4n) is 2.07. The van der Waals surface area contributed by atoms with Crippen LogP contribution in [0.2, 0.25) is 0 Å². The van der Waals surface area contributed by atoms with E-state index in [0.29, 0.717) is 12.0 Å². The van der Waals surface area contributed by atoms with Crippen LogP contribution in [-0.2, 0) is 6.42 Å². The molecule has 0 aliphatic carbocycles.